The largest absolute Gasteiger partial charge is 0.395 e. The molecule has 0 bridgehead atoms. The van der Waals surface area contributed by atoms with Crippen molar-refractivity contribution in [2.75, 3.05) is 25.1 Å². The molecule has 8 heteroatoms. The summed E-state index contributed by atoms with van der Waals surface area (Å²) in [4.78, 5) is 12.8. The zero-order chi connectivity index (χ0) is 19.5. The summed E-state index contributed by atoms with van der Waals surface area (Å²) >= 11 is 0. The number of ether oxygens (including phenoxy) is 1. The van der Waals surface area contributed by atoms with Gasteiger partial charge in [-0.2, -0.15) is 0 Å². The van der Waals surface area contributed by atoms with E-state index in [1.54, 1.807) is 19.9 Å². The molecular formula is C19H30N2O5S. The summed E-state index contributed by atoms with van der Waals surface area (Å²) in [5, 5.41) is 16.7. The summed E-state index contributed by atoms with van der Waals surface area (Å²) in [5.41, 5.74) is 0.300. The van der Waals surface area contributed by atoms with Gasteiger partial charge in [0.1, 0.15) is 4.75 Å². The number of aromatic nitrogens is 1. The Kier molecular flexibility index (Phi) is 6.38. The maximum Gasteiger partial charge on any atom is 0.245 e. The minimum absolute atomic E-state index is 0.0200. The molecule has 2 N–H and O–H groups in total. The molecule has 0 radical (unpaired) electrons. The molecule has 2 aliphatic rings. The number of anilines is 1. The van der Waals surface area contributed by atoms with E-state index in [4.69, 9.17) is 9.26 Å². The molecular weight excluding hydrogens is 368 g/mol. The lowest BCUT2D eigenvalue weighted by atomic mass is 9.72. The molecule has 1 saturated carbocycles. The van der Waals surface area contributed by atoms with Crippen LogP contribution in [0.1, 0.15) is 64.5 Å². The molecule has 7 nitrogen and oxygen atoms in total. The van der Waals surface area contributed by atoms with Crippen molar-refractivity contribution in [3.8, 4) is 0 Å². The van der Waals surface area contributed by atoms with Gasteiger partial charge in [-0.25, -0.2) is 0 Å². The first kappa shape index (κ1) is 20.5. The van der Waals surface area contributed by atoms with E-state index in [0.29, 0.717) is 31.7 Å². The first-order valence-electron chi connectivity index (χ1n) is 9.77. The first-order chi connectivity index (χ1) is 12.9. The Bertz CT molecular complexity index is 675. The molecule has 1 unspecified atom stereocenters. The van der Waals surface area contributed by atoms with Gasteiger partial charge in [-0.1, -0.05) is 24.4 Å². The number of amides is 1. The van der Waals surface area contributed by atoms with E-state index in [1.807, 2.05) is 0 Å². The van der Waals surface area contributed by atoms with Crippen LogP contribution in [-0.2, 0) is 25.7 Å². The van der Waals surface area contributed by atoms with Crippen LogP contribution in [0.5, 0.6) is 0 Å². The maximum atomic E-state index is 12.9. The first-order valence-corrected chi connectivity index (χ1v) is 11.0. The van der Waals surface area contributed by atoms with Gasteiger partial charge in [-0.15, -0.1) is 0 Å². The molecule has 1 aliphatic carbocycles. The summed E-state index contributed by atoms with van der Waals surface area (Å²) in [6.07, 6.45) is 6.39. The Morgan fingerprint density at radius 2 is 2.00 bits per heavy atom. The summed E-state index contributed by atoms with van der Waals surface area (Å²) in [6, 6.07) is 1.70. The van der Waals surface area contributed by atoms with E-state index in [2.05, 4.69) is 10.5 Å². The number of hydrogen-bond donors (Lipinski definition) is 2. The molecule has 1 aliphatic heterocycles. The van der Waals surface area contributed by atoms with Crippen molar-refractivity contribution in [2.45, 2.75) is 74.2 Å². The zero-order valence-corrected chi connectivity index (χ0v) is 17.0. The highest BCUT2D eigenvalue weighted by Crippen LogP contribution is 2.39. The van der Waals surface area contributed by atoms with Crippen LogP contribution in [0.2, 0.25) is 0 Å². The van der Waals surface area contributed by atoms with Crippen molar-refractivity contribution < 1.29 is 23.4 Å². The molecule has 3 rings (SSSR count). The monoisotopic (exact) mass is 398 g/mol. The Morgan fingerprint density at radius 1 is 1.33 bits per heavy atom. The van der Waals surface area contributed by atoms with Gasteiger partial charge in [0.2, 0.25) is 11.8 Å². The van der Waals surface area contributed by atoms with Gasteiger partial charge in [-0.3, -0.25) is 14.3 Å². The van der Waals surface area contributed by atoms with E-state index in [-0.39, 0.29) is 29.1 Å². The van der Waals surface area contributed by atoms with Crippen LogP contribution in [0.25, 0.3) is 0 Å². The van der Waals surface area contributed by atoms with Gasteiger partial charge in [0, 0.05) is 40.7 Å². The molecule has 1 amide bonds. The molecule has 2 heterocycles. The van der Waals surface area contributed by atoms with Gasteiger partial charge < -0.3 is 14.4 Å². The summed E-state index contributed by atoms with van der Waals surface area (Å²) < 4.78 is 22.5. The van der Waals surface area contributed by atoms with Gasteiger partial charge in [0.05, 0.1) is 12.3 Å². The SMILES string of the molecule is CC(C)(C(=O)Nc1cc(C2(CO)CCCCC2)no1)S(=O)C1CCOCC1. The topological polar surface area (TPSA) is 102 Å². The second kappa shape index (κ2) is 8.41. The number of hydrogen-bond acceptors (Lipinski definition) is 6. The normalized spacial score (nSPS) is 22.3. The van der Waals surface area contributed by atoms with E-state index in [1.165, 1.54) is 0 Å². The van der Waals surface area contributed by atoms with E-state index < -0.39 is 15.5 Å². The van der Waals surface area contributed by atoms with Crippen molar-refractivity contribution in [2.24, 2.45) is 0 Å². The minimum Gasteiger partial charge on any atom is -0.395 e. The lowest BCUT2D eigenvalue weighted by molar-refractivity contribution is -0.117. The molecule has 2 fully saturated rings. The lowest BCUT2D eigenvalue weighted by Gasteiger charge is -2.33. The van der Waals surface area contributed by atoms with E-state index in [0.717, 1.165) is 32.1 Å². The Hall–Kier alpha value is -1.25. The van der Waals surface area contributed by atoms with Crippen LogP contribution in [0.15, 0.2) is 10.6 Å². The fourth-order valence-electron chi connectivity index (χ4n) is 3.97. The van der Waals surface area contributed by atoms with Crippen LogP contribution >= 0.6 is 0 Å². The molecule has 1 saturated heterocycles. The number of nitrogens with one attached hydrogen (secondary N) is 1. The standard InChI is InChI=1S/C19H30N2O5S/c1-18(2,27(24)14-6-10-25-11-7-14)17(23)20-16-12-15(21-26-16)19(13-22)8-4-3-5-9-19/h12,14,22H,3-11,13H2,1-2H3,(H,20,23). The second-order valence-electron chi connectivity index (χ2n) is 8.15. The molecule has 152 valence electrons. The maximum absolute atomic E-state index is 12.9. The Labute approximate surface area is 162 Å². The number of nitrogens with zero attached hydrogens (tertiary/aromatic N) is 1. The molecule has 0 spiro atoms. The fraction of sp³-hybridized carbons (Fsp3) is 0.789. The van der Waals surface area contributed by atoms with E-state index >= 15 is 0 Å². The smallest absolute Gasteiger partial charge is 0.245 e. The highest BCUT2D eigenvalue weighted by atomic mass is 32.2. The van der Waals surface area contributed by atoms with Gasteiger partial charge in [-0.05, 0) is 39.5 Å². The number of carbonyl (C=O) groups is 1. The second-order valence-corrected chi connectivity index (χ2v) is 10.4. The van der Waals surface area contributed by atoms with Crippen LogP contribution < -0.4 is 5.32 Å². The lowest BCUT2D eigenvalue weighted by Crippen LogP contribution is -2.46. The summed E-state index contributed by atoms with van der Waals surface area (Å²) in [6.45, 7) is 4.58. The van der Waals surface area contributed by atoms with Crippen LogP contribution in [0.4, 0.5) is 5.88 Å². The minimum atomic E-state index is -1.32. The quantitative estimate of drug-likeness (QED) is 0.763. The molecule has 1 aromatic heterocycles. The van der Waals surface area contributed by atoms with Crippen molar-refractivity contribution in [3.63, 3.8) is 0 Å². The zero-order valence-electron chi connectivity index (χ0n) is 16.2. The summed E-state index contributed by atoms with van der Waals surface area (Å²) in [7, 11) is -1.32. The predicted octanol–water partition coefficient (Wildman–Crippen LogP) is 2.51. The third-order valence-electron chi connectivity index (χ3n) is 5.92. The van der Waals surface area contributed by atoms with Crippen molar-refractivity contribution in [3.05, 3.63) is 11.8 Å². The fourth-order valence-corrected chi connectivity index (χ4v) is 5.66. The van der Waals surface area contributed by atoms with Crippen molar-refractivity contribution >= 4 is 22.6 Å². The van der Waals surface area contributed by atoms with Crippen molar-refractivity contribution in [1.82, 2.24) is 5.16 Å². The number of rotatable bonds is 6. The van der Waals surface area contributed by atoms with Gasteiger partial charge >= 0.3 is 0 Å². The van der Waals surface area contributed by atoms with Gasteiger partial charge in [0.25, 0.3) is 0 Å². The molecule has 0 aromatic carbocycles. The van der Waals surface area contributed by atoms with Crippen LogP contribution in [-0.4, -0.2) is 50.2 Å². The summed E-state index contributed by atoms with van der Waals surface area (Å²) in [5.74, 6) is -0.109. The van der Waals surface area contributed by atoms with E-state index in [9.17, 15) is 14.1 Å². The average molecular weight is 399 g/mol. The molecule has 1 aromatic rings. The number of aliphatic hydroxyl groups excluding tert-OH is 1. The Balaban J connectivity index is 1.68. The van der Waals surface area contributed by atoms with Crippen LogP contribution in [0.3, 0.4) is 0 Å². The van der Waals surface area contributed by atoms with Gasteiger partial charge in [0.15, 0.2) is 0 Å². The molecule has 1 atom stereocenters. The predicted molar refractivity (Wildman–Crippen MR) is 103 cm³/mol. The van der Waals surface area contributed by atoms with Crippen LogP contribution in [0, 0.1) is 0 Å². The molecule has 27 heavy (non-hydrogen) atoms. The highest BCUT2D eigenvalue weighted by Gasteiger charge is 2.41. The average Bonchev–Trinajstić information content (AvgIpc) is 3.17. The Morgan fingerprint density at radius 3 is 2.63 bits per heavy atom. The van der Waals surface area contributed by atoms with Crippen molar-refractivity contribution in [1.29, 1.82) is 0 Å². The highest BCUT2D eigenvalue weighted by molar-refractivity contribution is 7.87. The third kappa shape index (κ3) is 4.27. The third-order valence-corrected chi connectivity index (χ3v) is 8.19. The number of carbonyl (C=O) groups excluding carboxylic acids is 1. The number of aliphatic hydroxyl groups is 1.